The summed E-state index contributed by atoms with van der Waals surface area (Å²) < 4.78 is 54.1. The summed E-state index contributed by atoms with van der Waals surface area (Å²) in [5.74, 6) is -1.79. The summed E-state index contributed by atoms with van der Waals surface area (Å²) in [6, 6.07) is 13.4. The highest BCUT2D eigenvalue weighted by atomic mass is 19.2. The van der Waals surface area contributed by atoms with E-state index in [1.165, 1.54) is 36.4 Å². The molecule has 2 nitrogen and oxygen atoms in total. The van der Waals surface area contributed by atoms with E-state index in [0.717, 1.165) is 0 Å². The summed E-state index contributed by atoms with van der Waals surface area (Å²) in [6.07, 6.45) is 0. The zero-order valence-electron chi connectivity index (χ0n) is 15.1. The molecule has 140 valence electrons. The lowest BCUT2D eigenvalue weighted by Gasteiger charge is -2.09. The monoisotopic (exact) mass is 372 g/mol. The number of fused-ring (bicyclic) bond motifs is 1. The molecule has 5 heteroatoms. The Bertz CT molecular complexity index is 979. The van der Waals surface area contributed by atoms with E-state index in [4.69, 9.17) is 9.47 Å². The first kappa shape index (κ1) is 18.8. The van der Waals surface area contributed by atoms with Gasteiger partial charge in [0, 0.05) is 16.5 Å². The first-order valence-corrected chi connectivity index (χ1v) is 8.69. The molecule has 0 saturated carbocycles. The van der Waals surface area contributed by atoms with Crippen LogP contribution >= 0.6 is 0 Å². The SMILES string of the molecule is CCOc1ccc(C(F)=C(F)c2ccc3c(F)c(OCC)ccc3c2)cc1. The zero-order chi connectivity index (χ0) is 19.4. The van der Waals surface area contributed by atoms with Crippen LogP contribution in [0.15, 0.2) is 54.6 Å². The molecule has 0 unspecified atom stereocenters. The van der Waals surface area contributed by atoms with Gasteiger partial charge in [0.25, 0.3) is 0 Å². The van der Waals surface area contributed by atoms with Crippen LogP contribution in [0.5, 0.6) is 11.5 Å². The molecule has 0 N–H and O–H groups in total. The van der Waals surface area contributed by atoms with Gasteiger partial charge >= 0.3 is 0 Å². The average molecular weight is 372 g/mol. The molecule has 0 fully saturated rings. The van der Waals surface area contributed by atoms with Crippen molar-refractivity contribution in [3.63, 3.8) is 0 Å². The Hall–Kier alpha value is -2.95. The fourth-order valence-corrected chi connectivity index (χ4v) is 2.79. The minimum Gasteiger partial charge on any atom is -0.494 e. The van der Waals surface area contributed by atoms with Crippen molar-refractivity contribution in [1.29, 1.82) is 0 Å². The predicted octanol–water partition coefficient (Wildman–Crippen LogP) is 6.54. The van der Waals surface area contributed by atoms with Gasteiger partial charge in [-0.25, -0.2) is 13.2 Å². The number of rotatable bonds is 6. The van der Waals surface area contributed by atoms with Crippen LogP contribution in [0.3, 0.4) is 0 Å². The van der Waals surface area contributed by atoms with Crippen LogP contribution < -0.4 is 9.47 Å². The van der Waals surface area contributed by atoms with Gasteiger partial charge in [0.05, 0.1) is 13.2 Å². The Morgan fingerprint density at radius 3 is 2.07 bits per heavy atom. The molecule has 3 aromatic carbocycles. The summed E-state index contributed by atoms with van der Waals surface area (Å²) in [4.78, 5) is 0. The molecule has 0 amide bonds. The number of hydrogen-bond donors (Lipinski definition) is 0. The molecule has 0 heterocycles. The van der Waals surface area contributed by atoms with Crippen LogP contribution in [-0.4, -0.2) is 13.2 Å². The Balaban J connectivity index is 1.97. The Morgan fingerprint density at radius 2 is 1.41 bits per heavy atom. The highest BCUT2D eigenvalue weighted by Crippen LogP contribution is 2.33. The summed E-state index contributed by atoms with van der Waals surface area (Å²) in [5.41, 5.74) is 0.145. The number of halogens is 3. The number of benzene rings is 3. The van der Waals surface area contributed by atoms with Gasteiger partial charge in [0.1, 0.15) is 5.75 Å². The third-order valence-corrected chi connectivity index (χ3v) is 4.08. The van der Waals surface area contributed by atoms with Crippen LogP contribution in [0.2, 0.25) is 0 Å². The second-order valence-electron chi connectivity index (χ2n) is 5.83. The van der Waals surface area contributed by atoms with E-state index in [2.05, 4.69) is 0 Å². The van der Waals surface area contributed by atoms with Crippen LogP contribution in [-0.2, 0) is 0 Å². The summed E-state index contributed by atoms with van der Waals surface area (Å²) in [6.45, 7) is 4.43. The van der Waals surface area contributed by atoms with Gasteiger partial charge in [-0.1, -0.05) is 18.2 Å². The standard InChI is InChI=1S/C22H19F3O2/c1-3-26-17-9-5-14(6-10-17)20(23)21(24)16-7-11-18-15(13-16)8-12-19(22(18)25)27-4-2/h5-13H,3-4H2,1-2H3. The highest BCUT2D eigenvalue weighted by Gasteiger charge is 2.14. The normalized spacial score (nSPS) is 12.0. The minimum absolute atomic E-state index is 0.0393. The zero-order valence-corrected chi connectivity index (χ0v) is 15.1. The molecular formula is C22H19F3O2. The van der Waals surface area contributed by atoms with E-state index in [1.807, 2.05) is 6.92 Å². The topological polar surface area (TPSA) is 18.5 Å². The molecule has 3 rings (SSSR count). The molecule has 0 atom stereocenters. The van der Waals surface area contributed by atoms with Gasteiger partial charge < -0.3 is 9.47 Å². The molecule has 0 aromatic heterocycles. The molecule has 0 saturated heterocycles. The highest BCUT2D eigenvalue weighted by molar-refractivity contribution is 5.91. The Morgan fingerprint density at radius 1 is 0.778 bits per heavy atom. The maximum atomic E-state index is 14.6. The molecule has 27 heavy (non-hydrogen) atoms. The lowest BCUT2D eigenvalue weighted by Crippen LogP contribution is -1.95. The second-order valence-corrected chi connectivity index (χ2v) is 5.83. The van der Waals surface area contributed by atoms with E-state index in [1.54, 1.807) is 25.1 Å². The molecule has 0 spiro atoms. The molecule has 0 aliphatic carbocycles. The molecule has 3 aromatic rings. The van der Waals surface area contributed by atoms with Gasteiger partial charge in [0.2, 0.25) is 0 Å². The van der Waals surface area contributed by atoms with Gasteiger partial charge in [0.15, 0.2) is 23.2 Å². The van der Waals surface area contributed by atoms with Crippen molar-refractivity contribution in [3.8, 4) is 11.5 Å². The molecular weight excluding hydrogens is 353 g/mol. The Kier molecular flexibility index (Phi) is 5.69. The largest absolute Gasteiger partial charge is 0.494 e. The quantitative estimate of drug-likeness (QED) is 0.457. The van der Waals surface area contributed by atoms with Crippen molar-refractivity contribution in [2.45, 2.75) is 13.8 Å². The first-order chi connectivity index (χ1) is 13.0. The average Bonchev–Trinajstić information content (AvgIpc) is 2.70. The van der Waals surface area contributed by atoms with Crippen LogP contribution in [0.4, 0.5) is 13.2 Å². The van der Waals surface area contributed by atoms with Crippen molar-refractivity contribution in [2.75, 3.05) is 13.2 Å². The van der Waals surface area contributed by atoms with Gasteiger partial charge in [-0.2, -0.15) is 0 Å². The molecule has 0 aliphatic rings. The van der Waals surface area contributed by atoms with Crippen LogP contribution in [0, 0.1) is 5.82 Å². The van der Waals surface area contributed by atoms with Crippen molar-refractivity contribution in [1.82, 2.24) is 0 Å². The molecule has 0 radical (unpaired) electrons. The maximum absolute atomic E-state index is 14.6. The smallest absolute Gasteiger partial charge is 0.172 e. The van der Waals surface area contributed by atoms with Crippen LogP contribution in [0.25, 0.3) is 22.4 Å². The van der Waals surface area contributed by atoms with E-state index >= 15 is 0 Å². The van der Waals surface area contributed by atoms with Crippen LogP contribution in [0.1, 0.15) is 25.0 Å². The number of ether oxygens (including phenoxy) is 2. The minimum atomic E-state index is -1.00. The molecule has 0 aliphatic heterocycles. The predicted molar refractivity (Wildman–Crippen MR) is 102 cm³/mol. The van der Waals surface area contributed by atoms with Crippen molar-refractivity contribution >= 4 is 22.4 Å². The summed E-state index contributed by atoms with van der Waals surface area (Å²) in [7, 11) is 0. The van der Waals surface area contributed by atoms with Crippen molar-refractivity contribution < 1.29 is 22.6 Å². The maximum Gasteiger partial charge on any atom is 0.172 e. The third-order valence-electron chi connectivity index (χ3n) is 4.08. The van der Waals surface area contributed by atoms with Gasteiger partial charge in [-0.3, -0.25) is 0 Å². The van der Waals surface area contributed by atoms with E-state index in [9.17, 15) is 13.2 Å². The lowest BCUT2D eigenvalue weighted by molar-refractivity contribution is 0.323. The van der Waals surface area contributed by atoms with E-state index in [-0.39, 0.29) is 16.9 Å². The first-order valence-electron chi connectivity index (χ1n) is 8.69. The summed E-state index contributed by atoms with van der Waals surface area (Å²) >= 11 is 0. The van der Waals surface area contributed by atoms with Gasteiger partial charge in [-0.15, -0.1) is 0 Å². The third kappa shape index (κ3) is 3.92. The van der Waals surface area contributed by atoms with Gasteiger partial charge in [-0.05, 0) is 55.6 Å². The fourth-order valence-electron chi connectivity index (χ4n) is 2.79. The number of hydrogen-bond acceptors (Lipinski definition) is 2. The summed E-state index contributed by atoms with van der Waals surface area (Å²) in [5, 5.41) is 0.752. The van der Waals surface area contributed by atoms with Crippen molar-refractivity contribution in [2.24, 2.45) is 0 Å². The molecule has 0 bridgehead atoms. The fraction of sp³-hybridized carbons (Fsp3) is 0.182. The second kappa shape index (κ2) is 8.16. The Labute approximate surface area is 155 Å². The van der Waals surface area contributed by atoms with E-state index < -0.39 is 17.5 Å². The van der Waals surface area contributed by atoms with Crippen molar-refractivity contribution in [3.05, 3.63) is 71.5 Å². The lowest BCUT2D eigenvalue weighted by atomic mass is 10.0. The van der Waals surface area contributed by atoms with E-state index in [0.29, 0.717) is 29.7 Å².